The molecule has 1 fully saturated rings. The molecule has 20 heavy (non-hydrogen) atoms. The smallest absolute Gasteiger partial charge is 0.0504 e. The van der Waals surface area contributed by atoms with Gasteiger partial charge in [-0.2, -0.15) is 0 Å². The molecule has 0 radical (unpaired) electrons. The van der Waals surface area contributed by atoms with Gasteiger partial charge in [-0.25, -0.2) is 0 Å². The molecule has 1 aliphatic rings. The van der Waals surface area contributed by atoms with Crippen molar-refractivity contribution < 1.29 is 0 Å². The number of aryl methyl sites for hydroxylation is 1. The van der Waals surface area contributed by atoms with E-state index in [9.17, 15) is 0 Å². The van der Waals surface area contributed by atoms with E-state index in [1.807, 2.05) is 0 Å². The predicted octanol–water partition coefficient (Wildman–Crippen LogP) is 4.04. The summed E-state index contributed by atoms with van der Waals surface area (Å²) in [6.07, 6.45) is 6.47. The van der Waals surface area contributed by atoms with Crippen molar-refractivity contribution in [2.75, 3.05) is 6.54 Å². The fraction of sp³-hybridized carbons (Fsp3) is 0.667. The number of benzene rings is 1. The molecule has 1 saturated carbocycles. The largest absolute Gasteiger partial charge is 0.326 e. The van der Waals surface area contributed by atoms with Crippen LogP contribution in [0.4, 0.5) is 0 Å². The maximum atomic E-state index is 6.52. The highest BCUT2D eigenvalue weighted by molar-refractivity contribution is 5.30. The highest BCUT2D eigenvalue weighted by Gasteiger charge is 2.32. The van der Waals surface area contributed by atoms with Crippen molar-refractivity contribution in [3.8, 4) is 0 Å². The lowest BCUT2D eigenvalue weighted by Gasteiger charge is -2.39. The van der Waals surface area contributed by atoms with Crippen LogP contribution in [-0.4, -0.2) is 23.5 Å². The molecule has 0 heterocycles. The van der Waals surface area contributed by atoms with Crippen LogP contribution in [-0.2, 0) is 0 Å². The Labute approximate surface area is 124 Å². The van der Waals surface area contributed by atoms with E-state index >= 15 is 0 Å². The minimum absolute atomic E-state index is 0.219. The summed E-state index contributed by atoms with van der Waals surface area (Å²) < 4.78 is 0. The molecule has 2 nitrogen and oxygen atoms in total. The van der Waals surface area contributed by atoms with E-state index in [2.05, 4.69) is 49.9 Å². The second kappa shape index (κ2) is 7.24. The molecule has 2 heteroatoms. The number of hydrogen-bond donors (Lipinski definition) is 1. The van der Waals surface area contributed by atoms with E-state index in [4.69, 9.17) is 5.73 Å². The summed E-state index contributed by atoms with van der Waals surface area (Å²) in [6.45, 7) is 7.80. The first kappa shape index (κ1) is 15.5. The molecule has 1 aliphatic carbocycles. The van der Waals surface area contributed by atoms with Crippen LogP contribution in [0.3, 0.4) is 0 Å². The lowest BCUT2D eigenvalue weighted by atomic mass is 9.91. The van der Waals surface area contributed by atoms with Gasteiger partial charge in [-0.3, -0.25) is 4.90 Å². The molecule has 2 rings (SSSR count). The Morgan fingerprint density at radius 3 is 2.40 bits per heavy atom. The maximum absolute atomic E-state index is 6.52. The quantitative estimate of drug-likeness (QED) is 0.848. The standard InChI is InChI=1S/C18H30N2/c1-4-17(19)18(16-13-9-6-10-14(16)3)20(5-2)15-11-7-8-12-15/h6,9-10,13,15,17-18H,4-5,7-8,11-12,19H2,1-3H3. The second-order valence-corrected chi connectivity index (χ2v) is 6.14. The zero-order valence-corrected chi connectivity index (χ0v) is 13.3. The normalized spacial score (nSPS) is 19.4. The first-order valence-electron chi connectivity index (χ1n) is 8.25. The molecule has 2 unspecified atom stereocenters. The SMILES string of the molecule is CCC(N)C(c1ccccc1C)N(CC)C1CCCC1. The summed E-state index contributed by atoms with van der Waals surface area (Å²) in [5.41, 5.74) is 9.32. The molecule has 1 aromatic carbocycles. The molecular weight excluding hydrogens is 244 g/mol. The van der Waals surface area contributed by atoms with Gasteiger partial charge in [0, 0.05) is 12.1 Å². The van der Waals surface area contributed by atoms with Crippen LogP contribution >= 0.6 is 0 Å². The highest BCUT2D eigenvalue weighted by Crippen LogP contribution is 2.34. The molecule has 1 aromatic rings. The van der Waals surface area contributed by atoms with Gasteiger partial charge in [0.05, 0.1) is 6.04 Å². The van der Waals surface area contributed by atoms with E-state index in [1.165, 1.54) is 36.8 Å². The zero-order chi connectivity index (χ0) is 14.5. The molecular formula is C18H30N2. The Balaban J connectivity index is 2.33. The molecule has 0 aromatic heterocycles. The Morgan fingerprint density at radius 2 is 1.85 bits per heavy atom. The number of rotatable bonds is 6. The third kappa shape index (κ3) is 3.24. The monoisotopic (exact) mass is 274 g/mol. The minimum Gasteiger partial charge on any atom is -0.326 e. The molecule has 0 amide bonds. The van der Waals surface area contributed by atoms with Crippen molar-refractivity contribution in [3.63, 3.8) is 0 Å². The van der Waals surface area contributed by atoms with Crippen LogP contribution in [0.5, 0.6) is 0 Å². The van der Waals surface area contributed by atoms with Gasteiger partial charge in [0.2, 0.25) is 0 Å². The van der Waals surface area contributed by atoms with Gasteiger partial charge in [0.15, 0.2) is 0 Å². The van der Waals surface area contributed by atoms with Gasteiger partial charge in [-0.05, 0) is 43.9 Å². The summed E-state index contributed by atoms with van der Waals surface area (Å²) >= 11 is 0. The van der Waals surface area contributed by atoms with Gasteiger partial charge in [0.25, 0.3) is 0 Å². The molecule has 0 aliphatic heterocycles. The van der Waals surface area contributed by atoms with Gasteiger partial charge >= 0.3 is 0 Å². The van der Waals surface area contributed by atoms with E-state index < -0.39 is 0 Å². The number of nitrogens with zero attached hydrogens (tertiary/aromatic N) is 1. The van der Waals surface area contributed by atoms with Crippen molar-refractivity contribution in [1.82, 2.24) is 4.90 Å². The molecule has 2 N–H and O–H groups in total. The van der Waals surface area contributed by atoms with Crippen molar-refractivity contribution >= 4 is 0 Å². The Hall–Kier alpha value is -0.860. The topological polar surface area (TPSA) is 29.3 Å². The molecule has 0 spiro atoms. The van der Waals surface area contributed by atoms with E-state index in [0.717, 1.165) is 19.0 Å². The van der Waals surface area contributed by atoms with E-state index in [0.29, 0.717) is 6.04 Å². The second-order valence-electron chi connectivity index (χ2n) is 6.14. The number of hydrogen-bond acceptors (Lipinski definition) is 2. The number of likely N-dealkylation sites (N-methyl/N-ethyl adjacent to an activating group) is 1. The maximum Gasteiger partial charge on any atom is 0.0504 e. The van der Waals surface area contributed by atoms with Gasteiger partial charge in [-0.15, -0.1) is 0 Å². The minimum atomic E-state index is 0.219. The summed E-state index contributed by atoms with van der Waals surface area (Å²) in [5, 5.41) is 0. The van der Waals surface area contributed by atoms with Crippen molar-refractivity contribution in [2.45, 2.75) is 71.0 Å². The summed E-state index contributed by atoms with van der Waals surface area (Å²) in [4.78, 5) is 2.67. The average molecular weight is 274 g/mol. The van der Waals surface area contributed by atoms with Crippen LogP contribution in [0.25, 0.3) is 0 Å². The van der Waals surface area contributed by atoms with Crippen LogP contribution in [0, 0.1) is 6.92 Å². The Morgan fingerprint density at radius 1 is 1.20 bits per heavy atom. The average Bonchev–Trinajstić information content (AvgIpc) is 2.99. The van der Waals surface area contributed by atoms with Crippen molar-refractivity contribution in [1.29, 1.82) is 0 Å². The van der Waals surface area contributed by atoms with E-state index in [-0.39, 0.29) is 6.04 Å². The summed E-state index contributed by atoms with van der Waals surface area (Å²) in [7, 11) is 0. The summed E-state index contributed by atoms with van der Waals surface area (Å²) in [6, 6.07) is 10.1. The number of nitrogens with two attached hydrogens (primary N) is 1. The van der Waals surface area contributed by atoms with Crippen LogP contribution in [0.2, 0.25) is 0 Å². The van der Waals surface area contributed by atoms with Crippen molar-refractivity contribution in [3.05, 3.63) is 35.4 Å². The third-order valence-corrected chi connectivity index (χ3v) is 4.90. The Bertz CT molecular complexity index is 410. The first-order valence-corrected chi connectivity index (χ1v) is 8.25. The van der Waals surface area contributed by atoms with Crippen LogP contribution < -0.4 is 5.73 Å². The van der Waals surface area contributed by atoms with E-state index in [1.54, 1.807) is 0 Å². The Kier molecular flexibility index (Phi) is 5.62. The zero-order valence-electron chi connectivity index (χ0n) is 13.3. The lowest BCUT2D eigenvalue weighted by molar-refractivity contribution is 0.121. The molecule has 0 saturated heterocycles. The highest BCUT2D eigenvalue weighted by atomic mass is 15.2. The van der Waals surface area contributed by atoms with Crippen molar-refractivity contribution in [2.24, 2.45) is 5.73 Å². The van der Waals surface area contributed by atoms with Gasteiger partial charge in [-0.1, -0.05) is 51.0 Å². The first-order chi connectivity index (χ1) is 9.69. The van der Waals surface area contributed by atoms with Crippen LogP contribution in [0.1, 0.15) is 63.1 Å². The fourth-order valence-corrected chi connectivity index (χ4v) is 3.72. The predicted molar refractivity (Wildman–Crippen MR) is 86.8 cm³/mol. The summed E-state index contributed by atoms with van der Waals surface area (Å²) in [5.74, 6) is 0. The van der Waals surface area contributed by atoms with Crippen LogP contribution in [0.15, 0.2) is 24.3 Å². The van der Waals surface area contributed by atoms with Gasteiger partial charge < -0.3 is 5.73 Å². The molecule has 112 valence electrons. The molecule has 2 atom stereocenters. The fourth-order valence-electron chi connectivity index (χ4n) is 3.72. The molecule has 0 bridgehead atoms. The third-order valence-electron chi connectivity index (χ3n) is 4.90. The lowest BCUT2D eigenvalue weighted by Crippen LogP contribution is -2.45. The van der Waals surface area contributed by atoms with Gasteiger partial charge in [0.1, 0.15) is 0 Å².